The van der Waals surface area contributed by atoms with Crippen molar-refractivity contribution in [3.63, 3.8) is 0 Å². The SMILES string of the molecule is Cc1cc(C)cc(NC(=O)Cc2ocnc2C)c1. The number of amides is 1. The maximum Gasteiger partial charge on any atom is 0.232 e. The zero-order chi connectivity index (χ0) is 13.1. The van der Waals surface area contributed by atoms with Gasteiger partial charge in [0.15, 0.2) is 6.39 Å². The van der Waals surface area contributed by atoms with E-state index < -0.39 is 0 Å². The summed E-state index contributed by atoms with van der Waals surface area (Å²) in [7, 11) is 0. The normalized spacial score (nSPS) is 10.4. The quantitative estimate of drug-likeness (QED) is 0.903. The molecule has 0 radical (unpaired) electrons. The number of hydrogen-bond acceptors (Lipinski definition) is 3. The fraction of sp³-hybridized carbons (Fsp3) is 0.286. The molecule has 0 aliphatic carbocycles. The standard InChI is InChI=1S/C14H16N2O2/c1-9-4-10(2)6-12(5-9)16-14(17)7-13-11(3)15-8-18-13/h4-6,8H,7H2,1-3H3,(H,16,17). The number of nitrogens with zero attached hydrogens (tertiary/aromatic N) is 1. The Kier molecular flexibility index (Phi) is 3.46. The first-order valence-electron chi connectivity index (χ1n) is 5.81. The fourth-order valence-electron chi connectivity index (χ4n) is 1.89. The van der Waals surface area contributed by atoms with Gasteiger partial charge in [-0.1, -0.05) is 6.07 Å². The molecule has 0 bridgehead atoms. The van der Waals surface area contributed by atoms with Crippen LogP contribution in [0.4, 0.5) is 5.69 Å². The summed E-state index contributed by atoms with van der Waals surface area (Å²) in [6.07, 6.45) is 1.56. The maximum absolute atomic E-state index is 11.9. The van der Waals surface area contributed by atoms with Crippen molar-refractivity contribution in [2.45, 2.75) is 27.2 Å². The van der Waals surface area contributed by atoms with Gasteiger partial charge in [-0.25, -0.2) is 4.98 Å². The Labute approximate surface area is 106 Å². The molecule has 1 heterocycles. The molecule has 0 unspecified atom stereocenters. The van der Waals surface area contributed by atoms with Gasteiger partial charge in [-0.3, -0.25) is 4.79 Å². The van der Waals surface area contributed by atoms with Gasteiger partial charge in [-0.05, 0) is 44.0 Å². The van der Waals surface area contributed by atoms with Crippen molar-refractivity contribution in [3.05, 3.63) is 47.2 Å². The third kappa shape index (κ3) is 2.97. The maximum atomic E-state index is 11.9. The van der Waals surface area contributed by atoms with Gasteiger partial charge in [0.2, 0.25) is 5.91 Å². The van der Waals surface area contributed by atoms with Crippen LogP contribution in [0.3, 0.4) is 0 Å². The van der Waals surface area contributed by atoms with Crippen LogP contribution in [0, 0.1) is 20.8 Å². The van der Waals surface area contributed by atoms with Crippen molar-refractivity contribution in [1.29, 1.82) is 0 Å². The van der Waals surface area contributed by atoms with Crippen molar-refractivity contribution in [1.82, 2.24) is 4.98 Å². The molecule has 4 heteroatoms. The minimum atomic E-state index is -0.0974. The molecule has 0 spiro atoms. The van der Waals surface area contributed by atoms with Crippen molar-refractivity contribution >= 4 is 11.6 Å². The van der Waals surface area contributed by atoms with Crippen LogP contribution >= 0.6 is 0 Å². The van der Waals surface area contributed by atoms with Crippen LogP contribution in [-0.4, -0.2) is 10.9 Å². The van der Waals surface area contributed by atoms with E-state index in [-0.39, 0.29) is 12.3 Å². The van der Waals surface area contributed by atoms with Gasteiger partial charge in [0.05, 0.1) is 12.1 Å². The molecule has 0 saturated heterocycles. The molecule has 0 aliphatic rings. The summed E-state index contributed by atoms with van der Waals surface area (Å²) in [5, 5.41) is 2.86. The molecule has 1 aromatic carbocycles. The summed E-state index contributed by atoms with van der Waals surface area (Å²) in [6.45, 7) is 5.83. The van der Waals surface area contributed by atoms with Crippen LogP contribution in [0.1, 0.15) is 22.6 Å². The lowest BCUT2D eigenvalue weighted by atomic mass is 10.1. The van der Waals surface area contributed by atoms with Gasteiger partial charge in [0.1, 0.15) is 5.76 Å². The Morgan fingerprint density at radius 2 is 1.89 bits per heavy atom. The number of carbonyl (C=O) groups excluding carboxylic acids is 1. The zero-order valence-electron chi connectivity index (χ0n) is 10.8. The largest absolute Gasteiger partial charge is 0.448 e. The smallest absolute Gasteiger partial charge is 0.232 e. The Morgan fingerprint density at radius 3 is 2.44 bits per heavy atom. The topological polar surface area (TPSA) is 55.1 Å². The van der Waals surface area contributed by atoms with Crippen molar-refractivity contribution in [3.8, 4) is 0 Å². The molecule has 0 atom stereocenters. The molecule has 4 nitrogen and oxygen atoms in total. The first-order chi connectivity index (χ1) is 8.54. The molecule has 1 N–H and O–H groups in total. The molecular weight excluding hydrogens is 228 g/mol. The second kappa shape index (κ2) is 5.04. The van der Waals surface area contributed by atoms with Crippen LogP contribution in [0.15, 0.2) is 29.0 Å². The summed E-state index contributed by atoms with van der Waals surface area (Å²) in [5.74, 6) is 0.511. The van der Waals surface area contributed by atoms with E-state index in [2.05, 4.69) is 16.4 Å². The molecule has 0 aliphatic heterocycles. The predicted octanol–water partition coefficient (Wildman–Crippen LogP) is 2.78. The number of rotatable bonds is 3. The average molecular weight is 244 g/mol. The lowest BCUT2D eigenvalue weighted by Crippen LogP contribution is -2.14. The Bertz CT molecular complexity index is 553. The second-order valence-corrected chi connectivity index (χ2v) is 4.46. The number of nitrogens with one attached hydrogen (secondary N) is 1. The predicted molar refractivity (Wildman–Crippen MR) is 69.5 cm³/mol. The van der Waals surface area contributed by atoms with Gasteiger partial charge in [-0.15, -0.1) is 0 Å². The molecule has 2 aromatic rings. The number of anilines is 1. The first kappa shape index (κ1) is 12.4. The Balaban J connectivity index is 2.05. The summed E-state index contributed by atoms with van der Waals surface area (Å²) in [5.41, 5.74) is 3.82. The minimum absolute atomic E-state index is 0.0974. The van der Waals surface area contributed by atoms with Crippen LogP contribution in [0.2, 0.25) is 0 Å². The zero-order valence-corrected chi connectivity index (χ0v) is 10.8. The fourth-order valence-corrected chi connectivity index (χ4v) is 1.89. The van der Waals surface area contributed by atoms with Crippen molar-refractivity contribution in [2.75, 3.05) is 5.32 Å². The lowest BCUT2D eigenvalue weighted by molar-refractivity contribution is -0.115. The molecule has 1 amide bonds. The number of carbonyl (C=O) groups is 1. The van der Waals surface area contributed by atoms with E-state index >= 15 is 0 Å². The molecular formula is C14H16N2O2. The van der Waals surface area contributed by atoms with E-state index in [1.54, 1.807) is 0 Å². The third-order valence-electron chi connectivity index (χ3n) is 2.67. The molecule has 1 aromatic heterocycles. The molecule has 94 valence electrons. The highest BCUT2D eigenvalue weighted by molar-refractivity contribution is 5.92. The first-order valence-corrected chi connectivity index (χ1v) is 5.81. The molecule has 0 saturated carbocycles. The van der Waals surface area contributed by atoms with E-state index in [4.69, 9.17) is 4.42 Å². The average Bonchev–Trinajstić information content (AvgIpc) is 2.62. The van der Waals surface area contributed by atoms with E-state index in [0.717, 1.165) is 22.5 Å². The highest BCUT2D eigenvalue weighted by atomic mass is 16.3. The number of aromatic nitrogens is 1. The van der Waals surface area contributed by atoms with Crippen LogP contribution in [0.5, 0.6) is 0 Å². The summed E-state index contributed by atoms with van der Waals surface area (Å²) >= 11 is 0. The third-order valence-corrected chi connectivity index (χ3v) is 2.67. The minimum Gasteiger partial charge on any atom is -0.448 e. The van der Waals surface area contributed by atoms with Gasteiger partial charge in [0, 0.05) is 5.69 Å². The summed E-state index contributed by atoms with van der Waals surface area (Å²) in [6, 6.07) is 5.95. The second-order valence-electron chi connectivity index (χ2n) is 4.46. The van der Waals surface area contributed by atoms with E-state index in [0.29, 0.717) is 5.76 Å². The summed E-state index contributed by atoms with van der Waals surface area (Å²) in [4.78, 5) is 15.8. The van der Waals surface area contributed by atoms with E-state index in [9.17, 15) is 4.79 Å². The van der Waals surface area contributed by atoms with E-state index in [1.807, 2.05) is 32.9 Å². The van der Waals surface area contributed by atoms with Crippen molar-refractivity contribution < 1.29 is 9.21 Å². The molecule has 18 heavy (non-hydrogen) atoms. The Hall–Kier alpha value is -2.10. The highest BCUT2D eigenvalue weighted by Gasteiger charge is 2.10. The Morgan fingerprint density at radius 1 is 1.22 bits per heavy atom. The molecule has 2 rings (SSSR count). The van der Waals surface area contributed by atoms with Crippen LogP contribution in [-0.2, 0) is 11.2 Å². The van der Waals surface area contributed by atoms with Gasteiger partial charge in [0.25, 0.3) is 0 Å². The van der Waals surface area contributed by atoms with Crippen LogP contribution < -0.4 is 5.32 Å². The van der Waals surface area contributed by atoms with E-state index in [1.165, 1.54) is 6.39 Å². The molecule has 0 fully saturated rings. The summed E-state index contributed by atoms with van der Waals surface area (Å²) < 4.78 is 5.15. The number of hydrogen-bond donors (Lipinski definition) is 1. The van der Waals surface area contributed by atoms with Gasteiger partial charge < -0.3 is 9.73 Å². The van der Waals surface area contributed by atoms with Gasteiger partial charge >= 0.3 is 0 Å². The number of oxazole rings is 1. The number of benzene rings is 1. The highest BCUT2D eigenvalue weighted by Crippen LogP contribution is 2.14. The number of aryl methyl sites for hydroxylation is 3. The van der Waals surface area contributed by atoms with Crippen LogP contribution in [0.25, 0.3) is 0 Å². The van der Waals surface area contributed by atoms with Gasteiger partial charge in [-0.2, -0.15) is 0 Å². The monoisotopic (exact) mass is 244 g/mol. The van der Waals surface area contributed by atoms with Crippen molar-refractivity contribution in [2.24, 2.45) is 0 Å². The lowest BCUT2D eigenvalue weighted by Gasteiger charge is -2.06.